The molecule has 3 heteroatoms. The van der Waals surface area contributed by atoms with E-state index in [1.807, 2.05) is 18.3 Å². The van der Waals surface area contributed by atoms with Crippen molar-refractivity contribution < 1.29 is 0 Å². The highest BCUT2D eigenvalue weighted by Crippen LogP contribution is 2.27. The molecule has 0 radical (unpaired) electrons. The number of halogens is 1. The first-order valence-electron chi connectivity index (χ1n) is 6.11. The molecule has 1 N–H and O–H groups in total. The molecule has 0 saturated heterocycles. The summed E-state index contributed by atoms with van der Waals surface area (Å²) in [6.45, 7) is 3.20. The van der Waals surface area contributed by atoms with E-state index in [-0.39, 0.29) is 0 Å². The smallest absolute Gasteiger partial charge is 0.129 e. The maximum absolute atomic E-state index is 5.75. The van der Waals surface area contributed by atoms with Crippen molar-refractivity contribution in [1.82, 2.24) is 10.3 Å². The molecule has 2 nitrogen and oxygen atoms in total. The van der Waals surface area contributed by atoms with Gasteiger partial charge in [0.1, 0.15) is 5.15 Å². The Labute approximate surface area is 102 Å². The van der Waals surface area contributed by atoms with Crippen LogP contribution in [0.1, 0.15) is 38.2 Å². The summed E-state index contributed by atoms with van der Waals surface area (Å²) in [4.78, 5) is 4.08. The summed E-state index contributed by atoms with van der Waals surface area (Å²) in [5.41, 5.74) is 1.21. The molecule has 1 heterocycles. The van der Waals surface area contributed by atoms with Gasteiger partial charge in [0.2, 0.25) is 0 Å². The maximum atomic E-state index is 5.75. The molecule has 0 aliphatic heterocycles. The summed E-state index contributed by atoms with van der Waals surface area (Å²) >= 11 is 5.75. The monoisotopic (exact) mass is 238 g/mol. The maximum Gasteiger partial charge on any atom is 0.129 e. The Balaban J connectivity index is 1.77. The Morgan fingerprint density at radius 1 is 1.44 bits per heavy atom. The van der Waals surface area contributed by atoms with Crippen molar-refractivity contribution in [3.63, 3.8) is 0 Å². The largest absolute Gasteiger partial charge is 0.310 e. The second-order valence-corrected chi connectivity index (χ2v) is 5.04. The van der Waals surface area contributed by atoms with Gasteiger partial charge in [-0.3, -0.25) is 0 Å². The second kappa shape index (κ2) is 5.65. The van der Waals surface area contributed by atoms with E-state index < -0.39 is 0 Å². The SMILES string of the molecule is CCC1CCC(NCc2ccc(Cl)nc2)C1. The standard InChI is InChI=1S/C13H19ClN2/c1-2-10-3-5-12(7-10)15-8-11-4-6-13(14)16-9-11/h4,6,9-10,12,15H,2-3,5,7-8H2,1H3. The third-order valence-corrected chi connectivity index (χ3v) is 3.73. The van der Waals surface area contributed by atoms with Gasteiger partial charge in [-0.05, 0) is 36.8 Å². The Hall–Kier alpha value is -0.600. The van der Waals surface area contributed by atoms with Crippen LogP contribution in [-0.4, -0.2) is 11.0 Å². The molecule has 1 fully saturated rings. The molecular weight excluding hydrogens is 220 g/mol. The fraction of sp³-hybridized carbons (Fsp3) is 0.615. The number of hydrogen-bond acceptors (Lipinski definition) is 2. The van der Waals surface area contributed by atoms with Gasteiger partial charge in [-0.1, -0.05) is 31.0 Å². The lowest BCUT2D eigenvalue weighted by atomic mass is 10.1. The zero-order chi connectivity index (χ0) is 11.4. The van der Waals surface area contributed by atoms with Crippen molar-refractivity contribution in [3.05, 3.63) is 29.0 Å². The van der Waals surface area contributed by atoms with Crippen LogP contribution in [0.15, 0.2) is 18.3 Å². The van der Waals surface area contributed by atoms with Gasteiger partial charge in [-0.25, -0.2) is 4.98 Å². The van der Waals surface area contributed by atoms with Gasteiger partial charge >= 0.3 is 0 Å². The lowest BCUT2D eigenvalue weighted by Crippen LogP contribution is -2.25. The molecule has 0 aromatic carbocycles. The predicted octanol–water partition coefficient (Wildman–Crippen LogP) is 3.40. The number of pyridine rings is 1. The van der Waals surface area contributed by atoms with E-state index in [4.69, 9.17) is 11.6 Å². The molecule has 16 heavy (non-hydrogen) atoms. The van der Waals surface area contributed by atoms with Crippen LogP contribution in [0.2, 0.25) is 5.15 Å². The molecule has 1 aromatic rings. The third kappa shape index (κ3) is 3.19. The molecule has 1 saturated carbocycles. The van der Waals surface area contributed by atoms with Crippen LogP contribution in [-0.2, 0) is 6.54 Å². The Bertz CT molecular complexity index is 323. The van der Waals surface area contributed by atoms with E-state index in [0.29, 0.717) is 11.2 Å². The summed E-state index contributed by atoms with van der Waals surface area (Å²) < 4.78 is 0. The number of hydrogen-bond donors (Lipinski definition) is 1. The highest BCUT2D eigenvalue weighted by Gasteiger charge is 2.22. The molecule has 2 rings (SSSR count). The fourth-order valence-corrected chi connectivity index (χ4v) is 2.52. The molecule has 1 aliphatic rings. The minimum Gasteiger partial charge on any atom is -0.310 e. The van der Waals surface area contributed by atoms with E-state index in [9.17, 15) is 0 Å². The normalized spacial score (nSPS) is 24.9. The first-order chi connectivity index (χ1) is 7.78. The summed E-state index contributed by atoms with van der Waals surface area (Å²) in [7, 11) is 0. The van der Waals surface area contributed by atoms with Crippen molar-refractivity contribution in [3.8, 4) is 0 Å². The third-order valence-electron chi connectivity index (χ3n) is 3.50. The van der Waals surface area contributed by atoms with Crippen molar-refractivity contribution in [1.29, 1.82) is 0 Å². The van der Waals surface area contributed by atoms with Gasteiger partial charge in [0.25, 0.3) is 0 Å². The van der Waals surface area contributed by atoms with E-state index in [0.717, 1.165) is 12.5 Å². The van der Waals surface area contributed by atoms with Crippen LogP contribution < -0.4 is 5.32 Å². The fourth-order valence-electron chi connectivity index (χ4n) is 2.40. The lowest BCUT2D eigenvalue weighted by Gasteiger charge is -2.12. The minimum atomic E-state index is 0.565. The van der Waals surface area contributed by atoms with Gasteiger partial charge in [-0.2, -0.15) is 0 Å². The first kappa shape index (κ1) is 11.9. The van der Waals surface area contributed by atoms with Crippen LogP contribution in [0.25, 0.3) is 0 Å². The number of aromatic nitrogens is 1. The highest BCUT2D eigenvalue weighted by atomic mass is 35.5. The lowest BCUT2D eigenvalue weighted by molar-refractivity contribution is 0.476. The van der Waals surface area contributed by atoms with E-state index in [1.165, 1.54) is 31.2 Å². The van der Waals surface area contributed by atoms with E-state index in [1.54, 1.807) is 0 Å². The summed E-state index contributed by atoms with van der Waals surface area (Å²) in [5, 5.41) is 4.16. The van der Waals surface area contributed by atoms with Crippen LogP contribution >= 0.6 is 11.6 Å². The summed E-state index contributed by atoms with van der Waals surface area (Å²) in [5.74, 6) is 0.931. The summed E-state index contributed by atoms with van der Waals surface area (Å²) in [6.07, 6.45) is 7.20. The quantitative estimate of drug-likeness (QED) is 0.814. The van der Waals surface area contributed by atoms with Crippen LogP contribution in [0.3, 0.4) is 0 Å². The van der Waals surface area contributed by atoms with Crippen LogP contribution in [0.5, 0.6) is 0 Å². The number of nitrogens with one attached hydrogen (secondary N) is 1. The molecule has 1 aliphatic carbocycles. The first-order valence-corrected chi connectivity index (χ1v) is 6.49. The average molecular weight is 239 g/mol. The molecule has 0 bridgehead atoms. The van der Waals surface area contributed by atoms with E-state index >= 15 is 0 Å². The average Bonchev–Trinajstić information content (AvgIpc) is 2.76. The van der Waals surface area contributed by atoms with Crippen molar-refractivity contribution >= 4 is 11.6 Å². The van der Waals surface area contributed by atoms with Crippen molar-refractivity contribution in [2.75, 3.05) is 0 Å². The summed E-state index contributed by atoms with van der Waals surface area (Å²) in [6, 6.07) is 4.58. The topological polar surface area (TPSA) is 24.9 Å². The van der Waals surface area contributed by atoms with Gasteiger partial charge < -0.3 is 5.32 Å². The molecule has 0 amide bonds. The molecular formula is C13H19ClN2. The zero-order valence-electron chi connectivity index (χ0n) is 9.75. The molecule has 1 aromatic heterocycles. The number of rotatable bonds is 4. The van der Waals surface area contributed by atoms with Gasteiger partial charge in [-0.15, -0.1) is 0 Å². The predicted molar refractivity (Wildman–Crippen MR) is 67.5 cm³/mol. The zero-order valence-corrected chi connectivity index (χ0v) is 10.5. The minimum absolute atomic E-state index is 0.565. The van der Waals surface area contributed by atoms with Crippen LogP contribution in [0, 0.1) is 5.92 Å². The highest BCUT2D eigenvalue weighted by molar-refractivity contribution is 6.29. The second-order valence-electron chi connectivity index (χ2n) is 4.65. The molecule has 2 atom stereocenters. The molecule has 0 spiro atoms. The Morgan fingerprint density at radius 3 is 2.94 bits per heavy atom. The van der Waals surface area contributed by atoms with E-state index in [2.05, 4.69) is 17.2 Å². The van der Waals surface area contributed by atoms with Gasteiger partial charge in [0.05, 0.1) is 0 Å². The van der Waals surface area contributed by atoms with Crippen LogP contribution in [0.4, 0.5) is 0 Å². The van der Waals surface area contributed by atoms with Crippen molar-refractivity contribution in [2.45, 2.75) is 45.2 Å². The van der Waals surface area contributed by atoms with Gasteiger partial charge in [0.15, 0.2) is 0 Å². The Morgan fingerprint density at radius 2 is 2.31 bits per heavy atom. The molecule has 2 unspecified atom stereocenters. The Kier molecular flexibility index (Phi) is 4.19. The number of nitrogens with zero attached hydrogens (tertiary/aromatic N) is 1. The van der Waals surface area contributed by atoms with Crippen molar-refractivity contribution in [2.24, 2.45) is 5.92 Å². The van der Waals surface area contributed by atoms with Gasteiger partial charge in [0, 0.05) is 18.8 Å². The molecule has 88 valence electrons.